The van der Waals surface area contributed by atoms with E-state index in [0.29, 0.717) is 5.56 Å². The van der Waals surface area contributed by atoms with Crippen LogP contribution in [0.2, 0.25) is 18.1 Å². The molecule has 1 aromatic carbocycles. The molecule has 2 aromatic rings. The fourth-order valence-electron chi connectivity index (χ4n) is 2.08. The number of aryl methyl sites for hydroxylation is 1. The summed E-state index contributed by atoms with van der Waals surface area (Å²) in [4.78, 5) is 0. The second-order valence-electron chi connectivity index (χ2n) is 7.29. The summed E-state index contributed by atoms with van der Waals surface area (Å²) in [5.41, 5.74) is 1.51. The molecule has 118 valence electrons. The molecule has 1 aromatic heterocycles. The molecule has 0 fully saturated rings. The van der Waals surface area contributed by atoms with Crippen LogP contribution in [0, 0.1) is 11.3 Å². The highest BCUT2D eigenvalue weighted by Gasteiger charge is 2.36. The van der Waals surface area contributed by atoms with Crippen LogP contribution in [0.3, 0.4) is 0 Å². The van der Waals surface area contributed by atoms with Crippen molar-refractivity contribution in [3.05, 3.63) is 35.6 Å². The molecule has 0 amide bonds. The second kappa shape index (κ2) is 6.27. The lowest BCUT2D eigenvalue weighted by molar-refractivity contribution is 0.279. The molecule has 0 aliphatic carbocycles. The van der Waals surface area contributed by atoms with Crippen LogP contribution in [-0.2, 0) is 10.8 Å². The molecule has 2 rings (SSSR count). The van der Waals surface area contributed by atoms with Gasteiger partial charge in [0, 0.05) is 18.4 Å². The van der Waals surface area contributed by atoms with Crippen LogP contribution in [0.5, 0.6) is 0 Å². The Kier molecular flexibility index (Phi) is 4.79. The average Bonchev–Trinajstić information content (AvgIpc) is 2.83. The molecule has 1 heterocycles. The van der Waals surface area contributed by atoms with Gasteiger partial charge in [0.25, 0.3) is 0 Å². The predicted octanol–water partition coefficient (Wildman–Crippen LogP) is 5.26. The molecule has 0 atom stereocenters. The van der Waals surface area contributed by atoms with Crippen LogP contribution in [0.25, 0.3) is 11.0 Å². The minimum atomic E-state index is -1.65. The van der Waals surface area contributed by atoms with Crippen LogP contribution in [0.15, 0.2) is 28.7 Å². The van der Waals surface area contributed by atoms with Crippen LogP contribution < -0.4 is 0 Å². The van der Waals surface area contributed by atoms with Crippen molar-refractivity contribution in [2.45, 2.75) is 51.7 Å². The van der Waals surface area contributed by atoms with Crippen molar-refractivity contribution >= 4 is 19.3 Å². The third-order valence-corrected chi connectivity index (χ3v) is 9.07. The number of hydrogen-bond acceptors (Lipinski definition) is 3. The predicted molar refractivity (Wildman–Crippen MR) is 92.4 cm³/mol. The molecule has 0 aliphatic heterocycles. The number of rotatable bonds is 5. The molecule has 0 saturated carbocycles. The first kappa shape index (κ1) is 16.8. The molecule has 0 aliphatic rings. The fraction of sp³-hybridized carbons (Fsp3) is 0.500. The Bertz CT molecular complexity index is 689. The van der Waals surface area contributed by atoms with Gasteiger partial charge in [-0.15, -0.1) is 0 Å². The minimum Gasteiger partial charge on any atom is -0.461 e. The van der Waals surface area contributed by atoms with Crippen molar-refractivity contribution in [2.75, 3.05) is 6.61 Å². The van der Waals surface area contributed by atoms with E-state index in [-0.39, 0.29) is 5.04 Å². The number of furan rings is 1. The summed E-state index contributed by atoms with van der Waals surface area (Å²) in [7, 11) is -1.65. The van der Waals surface area contributed by atoms with E-state index in [1.54, 1.807) is 6.07 Å². The van der Waals surface area contributed by atoms with Crippen LogP contribution >= 0.6 is 0 Å². The van der Waals surface area contributed by atoms with E-state index in [9.17, 15) is 0 Å². The molecule has 0 saturated heterocycles. The van der Waals surface area contributed by atoms with E-state index in [4.69, 9.17) is 14.1 Å². The fourth-order valence-corrected chi connectivity index (χ4v) is 3.17. The maximum atomic E-state index is 8.93. The van der Waals surface area contributed by atoms with Crippen molar-refractivity contribution in [3.63, 3.8) is 0 Å². The van der Waals surface area contributed by atoms with Gasteiger partial charge in [-0.1, -0.05) is 20.8 Å². The standard InChI is InChI=1S/C18H25NO2Si/c1-18(2,3)22(4,5)20-10-6-7-16-12-15-11-14(13-19)8-9-17(15)21-16/h8-9,11-12H,6-7,10H2,1-5H3. The molecule has 0 bridgehead atoms. The van der Waals surface area contributed by atoms with Gasteiger partial charge < -0.3 is 8.84 Å². The first-order valence-corrected chi connectivity index (χ1v) is 10.7. The Morgan fingerprint density at radius 3 is 2.59 bits per heavy atom. The Morgan fingerprint density at radius 1 is 1.23 bits per heavy atom. The highest BCUT2D eigenvalue weighted by molar-refractivity contribution is 6.74. The van der Waals surface area contributed by atoms with Gasteiger partial charge in [0.2, 0.25) is 0 Å². The van der Waals surface area contributed by atoms with E-state index in [2.05, 4.69) is 39.9 Å². The van der Waals surface area contributed by atoms with Gasteiger partial charge in [0.05, 0.1) is 11.6 Å². The monoisotopic (exact) mass is 315 g/mol. The third kappa shape index (κ3) is 3.79. The molecule has 4 heteroatoms. The quantitative estimate of drug-likeness (QED) is 0.558. The van der Waals surface area contributed by atoms with Gasteiger partial charge >= 0.3 is 0 Å². The first-order chi connectivity index (χ1) is 10.2. The molecular formula is C18H25NO2Si. The van der Waals surface area contributed by atoms with Gasteiger partial charge in [-0.3, -0.25) is 0 Å². The van der Waals surface area contributed by atoms with Gasteiger partial charge in [0.15, 0.2) is 8.32 Å². The van der Waals surface area contributed by atoms with Crippen LogP contribution in [0.1, 0.15) is 38.5 Å². The zero-order valence-corrected chi connectivity index (χ0v) is 15.2. The lowest BCUT2D eigenvalue weighted by Crippen LogP contribution is -2.41. The van der Waals surface area contributed by atoms with Crippen molar-refractivity contribution in [2.24, 2.45) is 0 Å². The van der Waals surface area contributed by atoms with Gasteiger partial charge in [-0.25, -0.2) is 0 Å². The Balaban J connectivity index is 1.92. The van der Waals surface area contributed by atoms with E-state index >= 15 is 0 Å². The normalized spacial score (nSPS) is 12.5. The smallest absolute Gasteiger partial charge is 0.191 e. The maximum absolute atomic E-state index is 8.93. The summed E-state index contributed by atoms with van der Waals surface area (Å²) in [5.74, 6) is 0.962. The number of nitrogens with zero attached hydrogens (tertiary/aromatic N) is 1. The van der Waals surface area contributed by atoms with E-state index in [1.165, 1.54) is 0 Å². The average molecular weight is 315 g/mol. The summed E-state index contributed by atoms with van der Waals surface area (Å²) in [5, 5.41) is 10.2. The molecule has 0 spiro atoms. The van der Waals surface area contributed by atoms with Crippen molar-refractivity contribution < 1.29 is 8.84 Å². The summed E-state index contributed by atoms with van der Waals surface area (Å²) < 4.78 is 12.0. The lowest BCUT2D eigenvalue weighted by atomic mass is 10.1. The van der Waals surface area contributed by atoms with Gasteiger partial charge in [-0.05, 0) is 48.8 Å². The summed E-state index contributed by atoms with van der Waals surface area (Å²) in [6.07, 6.45) is 1.82. The highest BCUT2D eigenvalue weighted by atomic mass is 28.4. The van der Waals surface area contributed by atoms with Crippen LogP contribution in [0.4, 0.5) is 0 Å². The molecule has 22 heavy (non-hydrogen) atoms. The Morgan fingerprint density at radius 2 is 1.95 bits per heavy atom. The van der Waals surface area contributed by atoms with E-state index < -0.39 is 8.32 Å². The maximum Gasteiger partial charge on any atom is 0.191 e. The Hall–Kier alpha value is -1.57. The van der Waals surface area contributed by atoms with Crippen molar-refractivity contribution in [1.82, 2.24) is 0 Å². The van der Waals surface area contributed by atoms with Crippen molar-refractivity contribution in [1.29, 1.82) is 5.26 Å². The topological polar surface area (TPSA) is 46.2 Å². The summed E-state index contributed by atoms with van der Waals surface area (Å²) in [6, 6.07) is 9.71. The summed E-state index contributed by atoms with van der Waals surface area (Å²) in [6.45, 7) is 12.1. The number of nitriles is 1. The number of fused-ring (bicyclic) bond motifs is 1. The van der Waals surface area contributed by atoms with Gasteiger partial charge in [-0.2, -0.15) is 5.26 Å². The highest BCUT2D eigenvalue weighted by Crippen LogP contribution is 2.36. The van der Waals surface area contributed by atoms with E-state index in [0.717, 1.165) is 36.2 Å². The molecule has 0 unspecified atom stereocenters. The Labute approximate surface area is 134 Å². The largest absolute Gasteiger partial charge is 0.461 e. The minimum absolute atomic E-state index is 0.250. The van der Waals surface area contributed by atoms with Crippen LogP contribution in [-0.4, -0.2) is 14.9 Å². The molecular weight excluding hydrogens is 290 g/mol. The number of hydrogen-bond donors (Lipinski definition) is 0. The zero-order valence-electron chi connectivity index (χ0n) is 14.2. The third-order valence-electron chi connectivity index (χ3n) is 4.53. The lowest BCUT2D eigenvalue weighted by Gasteiger charge is -2.36. The second-order valence-corrected chi connectivity index (χ2v) is 12.1. The number of benzene rings is 1. The van der Waals surface area contributed by atoms with Gasteiger partial charge in [0.1, 0.15) is 11.3 Å². The van der Waals surface area contributed by atoms with E-state index in [1.807, 2.05) is 18.2 Å². The summed E-state index contributed by atoms with van der Waals surface area (Å²) >= 11 is 0. The van der Waals surface area contributed by atoms with Crippen molar-refractivity contribution in [3.8, 4) is 6.07 Å². The SMILES string of the molecule is CC(C)(C)[Si](C)(C)OCCCc1cc2cc(C#N)ccc2o1. The molecule has 3 nitrogen and oxygen atoms in total. The molecule has 0 N–H and O–H groups in total. The zero-order chi connectivity index (χ0) is 16.4. The first-order valence-electron chi connectivity index (χ1n) is 7.79. The molecule has 0 radical (unpaired) electrons.